The summed E-state index contributed by atoms with van der Waals surface area (Å²) in [6, 6.07) is 73.4. The van der Waals surface area contributed by atoms with E-state index >= 15 is 0 Å². The summed E-state index contributed by atoms with van der Waals surface area (Å²) in [5, 5.41) is 2.20. The van der Waals surface area contributed by atoms with Crippen LogP contribution in [0.5, 0.6) is 0 Å². The zero-order valence-corrected chi connectivity index (χ0v) is 30.4. The second-order valence-electron chi connectivity index (χ2n) is 14.5. The van der Waals surface area contributed by atoms with Gasteiger partial charge in [0.25, 0.3) is 0 Å². The predicted molar refractivity (Wildman–Crippen MR) is 228 cm³/mol. The molecule has 3 nitrogen and oxygen atoms in total. The highest BCUT2D eigenvalue weighted by Gasteiger charge is 2.46. The Labute approximate surface area is 325 Å². The second-order valence-corrected chi connectivity index (χ2v) is 14.5. The molecule has 0 bridgehead atoms. The third-order valence-corrected chi connectivity index (χ3v) is 11.4. The van der Waals surface area contributed by atoms with Gasteiger partial charge in [-0.1, -0.05) is 176 Å². The summed E-state index contributed by atoms with van der Waals surface area (Å²) in [6.07, 6.45) is 0. The van der Waals surface area contributed by atoms with Gasteiger partial charge in [-0.3, -0.25) is 0 Å². The van der Waals surface area contributed by atoms with Crippen molar-refractivity contribution in [3.8, 4) is 56.2 Å². The number of para-hydroxylation sites is 1. The molecule has 0 spiro atoms. The molecule has 3 heteroatoms. The number of benzene rings is 8. The van der Waals surface area contributed by atoms with Crippen molar-refractivity contribution in [1.82, 2.24) is 9.97 Å². The van der Waals surface area contributed by atoms with E-state index in [-0.39, 0.29) is 0 Å². The van der Waals surface area contributed by atoms with Crippen LogP contribution >= 0.6 is 0 Å². The van der Waals surface area contributed by atoms with Crippen molar-refractivity contribution in [3.05, 3.63) is 229 Å². The number of hydrogen-bond donors (Lipinski definition) is 0. The van der Waals surface area contributed by atoms with Crippen molar-refractivity contribution in [3.63, 3.8) is 0 Å². The summed E-state index contributed by atoms with van der Waals surface area (Å²) < 4.78 is 6.32. The second kappa shape index (κ2) is 12.9. The van der Waals surface area contributed by atoms with Gasteiger partial charge >= 0.3 is 0 Å². The highest BCUT2D eigenvalue weighted by Crippen LogP contribution is 2.57. The molecule has 0 saturated carbocycles. The highest BCUT2D eigenvalue weighted by atomic mass is 16.3. The molecule has 0 fully saturated rings. The standard InChI is InChI=1S/C53H34N2O/c1-4-16-35(17-5-1)52-54-48(37-29-31-45-44-25-13-15-27-50(44)56-51(45)33-37)34-49(55-52)43-24-11-10-22-40(43)36-28-30-42-41-23-12-14-26-46(41)53(47(42)32-36,38-18-6-2-7-19-38)39-20-8-3-9-21-39/h1-34H. The van der Waals surface area contributed by atoms with Gasteiger partial charge in [0.1, 0.15) is 11.2 Å². The average molecular weight is 715 g/mol. The van der Waals surface area contributed by atoms with E-state index in [4.69, 9.17) is 14.4 Å². The SMILES string of the molecule is c1ccc(-c2nc(-c3ccc4c(c3)oc3ccccc34)cc(-c3ccccc3-c3ccc4c(c3)C(c3ccccc3)(c3ccccc3)c3ccccc3-4)n2)cc1. The van der Waals surface area contributed by atoms with Crippen LogP contribution < -0.4 is 0 Å². The van der Waals surface area contributed by atoms with Gasteiger partial charge in [-0.15, -0.1) is 0 Å². The van der Waals surface area contributed by atoms with Crippen LogP contribution in [0, 0.1) is 0 Å². The Morgan fingerprint density at radius 1 is 0.339 bits per heavy atom. The lowest BCUT2D eigenvalue weighted by Crippen LogP contribution is -2.28. The fourth-order valence-corrected chi connectivity index (χ4v) is 8.90. The summed E-state index contributed by atoms with van der Waals surface area (Å²) in [6.45, 7) is 0. The summed E-state index contributed by atoms with van der Waals surface area (Å²) in [4.78, 5) is 10.4. The molecule has 11 rings (SSSR count). The van der Waals surface area contributed by atoms with Crippen LogP contribution in [-0.2, 0) is 5.41 Å². The minimum atomic E-state index is -0.489. The first kappa shape index (κ1) is 32.1. The van der Waals surface area contributed by atoms with Crippen LogP contribution in [0.4, 0.5) is 0 Å². The molecule has 8 aromatic carbocycles. The zero-order valence-electron chi connectivity index (χ0n) is 30.4. The van der Waals surface area contributed by atoms with Gasteiger partial charge in [0.15, 0.2) is 5.82 Å². The fraction of sp³-hybridized carbons (Fsp3) is 0.0189. The zero-order chi connectivity index (χ0) is 37.1. The first-order valence-corrected chi connectivity index (χ1v) is 19.1. The molecule has 10 aromatic rings. The van der Waals surface area contributed by atoms with Crippen molar-refractivity contribution < 1.29 is 4.42 Å². The molecule has 0 unspecified atom stereocenters. The van der Waals surface area contributed by atoms with E-state index in [0.717, 1.165) is 61.1 Å². The Morgan fingerprint density at radius 2 is 0.911 bits per heavy atom. The Bertz CT molecular complexity index is 3040. The van der Waals surface area contributed by atoms with E-state index in [1.54, 1.807) is 0 Å². The molecule has 2 heterocycles. The number of aromatic nitrogens is 2. The monoisotopic (exact) mass is 714 g/mol. The predicted octanol–water partition coefficient (Wildman–Crippen LogP) is 13.4. The van der Waals surface area contributed by atoms with Gasteiger partial charge in [0.2, 0.25) is 0 Å². The molecule has 1 aliphatic rings. The maximum absolute atomic E-state index is 6.32. The third-order valence-electron chi connectivity index (χ3n) is 11.4. The van der Waals surface area contributed by atoms with E-state index in [0.29, 0.717) is 5.82 Å². The van der Waals surface area contributed by atoms with E-state index < -0.39 is 5.41 Å². The summed E-state index contributed by atoms with van der Waals surface area (Å²) in [5.41, 5.74) is 15.7. The van der Waals surface area contributed by atoms with Crippen molar-refractivity contribution in [1.29, 1.82) is 0 Å². The molecule has 56 heavy (non-hydrogen) atoms. The lowest BCUT2D eigenvalue weighted by molar-refractivity contribution is 0.669. The molecule has 0 atom stereocenters. The van der Waals surface area contributed by atoms with Gasteiger partial charge in [-0.25, -0.2) is 9.97 Å². The maximum Gasteiger partial charge on any atom is 0.160 e. The quantitative estimate of drug-likeness (QED) is 0.172. The lowest BCUT2D eigenvalue weighted by atomic mass is 9.67. The average Bonchev–Trinajstić information content (AvgIpc) is 3.80. The van der Waals surface area contributed by atoms with E-state index in [9.17, 15) is 0 Å². The van der Waals surface area contributed by atoms with E-state index in [2.05, 4.69) is 176 Å². The topological polar surface area (TPSA) is 38.9 Å². The number of rotatable bonds is 6. The van der Waals surface area contributed by atoms with Crippen molar-refractivity contribution in [2.45, 2.75) is 5.41 Å². The van der Waals surface area contributed by atoms with E-state index in [1.165, 1.54) is 33.4 Å². The van der Waals surface area contributed by atoms with Crippen LogP contribution in [0.1, 0.15) is 22.3 Å². The first-order valence-electron chi connectivity index (χ1n) is 19.1. The van der Waals surface area contributed by atoms with Gasteiger partial charge < -0.3 is 4.42 Å². The largest absolute Gasteiger partial charge is 0.456 e. The molecular formula is C53H34N2O. The molecule has 0 aliphatic heterocycles. The van der Waals surface area contributed by atoms with Crippen molar-refractivity contribution >= 4 is 21.9 Å². The summed E-state index contributed by atoms with van der Waals surface area (Å²) >= 11 is 0. The Balaban J connectivity index is 1.12. The van der Waals surface area contributed by atoms with Crippen molar-refractivity contribution in [2.24, 2.45) is 0 Å². The minimum Gasteiger partial charge on any atom is -0.456 e. The molecular weight excluding hydrogens is 681 g/mol. The summed E-state index contributed by atoms with van der Waals surface area (Å²) in [5.74, 6) is 0.675. The number of hydrogen-bond acceptors (Lipinski definition) is 3. The molecule has 1 aliphatic carbocycles. The summed E-state index contributed by atoms with van der Waals surface area (Å²) in [7, 11) is 0. The van der Waals surface area contributed by atoms with Gasteiger partial charge in [-0.05, 0) is 74.8 Å². The van der Waals surface area contributed by atoms with Gasteiger partial charge in [0.05, 0.1) is 16.8 Å². The number of fused-ring (bicyclic) bond motifs is 6. The molecule has 262 valence electrons. The minimum absolute atomic E-state index is 0.489. The van der Waals surface area contributed by atoms with Crippen LogP contribution in [0.3, 0.4) is 0 Å². The van der Waals surface area contributed by atoms with Crippen molar-refractivity contribution in [2.75, 3.05) is 0 Å². The van der Waals surface area contributed by atoms with Gasteiger partial charge in [0, 0.05) is 27.5 Å². The smallest absolute Gasteiger partial charge is 0.160 e. The lowest BCUT2D eigenvalue weighted by Gasteiger charge is -2.34. The molecule has 0 N–H and O–H groups in total. The molecule has 0 amide bonds. The van der Waals surface area contributed by atoms with Gasteiger partial charge in [-0.2, -0.15) is 0 Å². The Kier molecular flexibility index (Phi) is 7.39. The van der Waals surface area contributed by atoms with Crippen LogP contribution in [0.15, 0.2) is 211 Å². The first-order chi connectivity index (χ1) is 27.8. The fourth-order valence-electron chi connectivity index (χ4n) is 8.90. The Morgan fingerprint density at radius 3 is 1.68 bits per heavy atom. The third kappa shape index (κ3) is 4.98. The van der Waals surface area contributed by atoms with Crippen LogP contribution in [-0.4, -0.2) is 9.97 Å². The molecule has 0 radical (unpaired) electrons. The van der Waals surface area contributed by atoms with Crippen LogP contribution in [0.2, 0.25) is 0 Å². The van der Waals surface area contributed by atoms with E-state index in [1.807, 2.05) is 30.3 Å². The number of furan rings is 1. The molecule has 2 aromatic heterocycles. The molecule has 0 saturated heterocycles. The highest BCUT2D eigenvalue weighted by molar-refractivity contribution is 6.06. The maximum atomic E-state index is 6.32. The Hall–Kier alpha value is -7.36. The normalized spacial score (nSPS) is 12.8. The van der Waals surface area contributed by atoms with Crippen LogP contribution in [0.25, 0.3) is 78.1 Å². The number of nitrogens with zero attached hydrogens (tertiary/aromatic N) is 2.